The van der Waals surface area contributed by atoms with Gasteiger partial charge in [-0.05, 0) is 49.4 Å². The fraction of sp³-hybridized carbons (Fsp3) is 0.174. The maximum absolute atomic E-state index is 13.7. The Kier molecular flexibility index (Phi) is 6.29. The Hall–Kier alpha value is -3.86. The van der Waals surface area contributed by atoms with Crippen molar-refractivity contribution in [1.29, 1.82) is 0 Å². The molecule has 0 radical (unpaired) electrons. The Morgan fingerprint density at radius 1 is 1.09 bits per heavy atom. The van der Waals surface area contributed by atoms with Crippen LogP contribution in [-0.2, 0) is 6.18 Å². The van der Waals surface area contributed by atoms with Gasteiger partial charge in [-0.2, -0.15) is 18.3 Å². The van der Waals surface area contributed by atoms with Crippen molar-refractivity contribution in [2.75, 3.05) is 19.5 Å². The molecule has 0 fully saturated rings. The number of aryl methyl sites for hydroxylation is 1. The van der Waals surface area contributed by atoms with Gasteiger partial charge in [-0.1, -0.05) is 0 Å². The van der Waals surface area contributed by atoms with E-state index in [9.17, 15) is 18.0 Å². The van der Waals surface area contributed by atoms with E-state index in [0.29, 0.717) is 27.8 Å². The molecule has 34 heavy (non-hydrogen) atoms. The number of halogens is 3. The largest absolute Gasteiger partial charge is 0.493 e. The van der Waals surface area contributed by atoms with Crippen LogP contribution in [0.4, 0.5) is 18.9 Å². The number of aromatic nitrogens is 3. The van der Waals surface area contributed by atoms with Gasteiger partial charge in [-0.25, -0.2) is 9.67 Å². The highest BCUT2D eigenvalue weighted by molar-refractivity contribution is 7.17. The molecule has 11 heteroatoms. The zero-order valence-electron chi connectivity index (χ0n) is 18.3. The van der Waals surface area contributed by atoms with E-state index in [1.807, 2.05) is 0 Å². The minimum atomic E-state index is -4.68. The van der Waals surface area contributed by atoms with Gasteiger partial charge in [0.15, 0.2) is 11.5 Å². The quantitative estimate of drug-likeness (QED) is 0.383. The number of nitrogens with zero attached hydrogens (tertiary/aromatic N) is 3. The van der Waals surface area contributed by atoms with E-state index in [2.05, 4.69) is 15.4 Å². The van der Waals surface area contributed by atoms with Gasteiger partial charge in [-0.15, -0.1) is 11.3 Å². The van der Waals surface area contributed by atoms with Crippen LogP contribution >= 0.6 is 11.3 Å². The van der Waals surface area contributed by atoms with Crippen molar-refractivity contribution in [3.05, 3.63) is 71.0 Å². The van der Waals surface area contributed by atoms with Gasteiger partial charge in [-0.3, -0.25) is 4.79 Å². The van der Waals surface area contributed by atoms with E-state index in [0.717, 1.165) is 17.4 Å². The second-order valence-corrected chi connectivity index (χ2v) is 8.13. The first-order valence-corrected chi connectivity index (χ1v) is 10.8. The molecule has 2 heterocycles. The van der Waals surface area contributed by atoms with Crippen molar-refractivity contribution >= 4 is 22.9 Å². The summed E-state index contributed by atoms with van der Waals surface area (Å²) in [4.78, 5) is 17.5. The first-order valence-electron chi connectivity index (χ1n) is 9.93. The maximum Gasteiger partial charge on any atom is 0.418 e. The van der Waals surface area contributed by atoms with E-state index >= 15 is 0 Å². The van der Waals surface area contributed by atoms with Gasteiger partial charge >= 0.3 is 6.18 Å². The van der Waals surface area contributed by atoms with Crippen molar-refractivity contribution < 1.29 is 27.4 Å². The molecule has 0 spiro atoms. The minimum absolute atomic E-state index is 0.203. The zero-order valence-corrected chi connectivity index (χ0v) is 19.1. The molecule has 0 atom stereocenters. The molecule has 0 bridgehead atoms. The molecule has 0 unspecified atom stereocenters. The lowest BCUT2D eigenvalue weighted by Gasteiger charge is -2.15. The van der Waals surface area contributed by atoms with E-state index in [-0.39, 0.29) is 16.3 Å². The molecule has 7 nitrogen and oxygen atoms in total. The zero-order chi connectivity index (χ0) is 24.5. The molecule has 176 valence electrons. The molecule has 4 aromatic rings. The summed E-state index contributed by atoms with van der Waals surface area (Å²) in [6.07, 6.45) is -1.69. The van der Waals surface area contributed by atoms with E-state index in [1.165, 1.54) is 43.4 Å². The molecule has 0 aliphatic rings. The molecule has 4 rings (SSSR count). The first kappa shape index (κ1) is 23.3. The van der Waals surface area contributed by atoms with E-state index < -0.39 is 17.6 Å². The number of benzene rings is 2. The number of nitrogens with one attached hydrogen (secondary N) is 1. The predicted octanol–water partition coefficient (Wildman–Crippen LogP) is 5.59. The van der Waals surface area contributed by atoms with Crippen LogP contribution in [0.3, 0.4) is 0 Å². The topological polar surface area (TPSA) is 78.3 Å². The van der Waals surface area contributed by atoms with Crippen molar-refractivity contribution in [3.8, 4) is 27.8 Å². The van der Waals surface area contributed by atoms with Gasteiger partial charge in [0.2, 0.25) is 0 Å². The number of alkyl halides is 3. The maximum atomic E-state index is 13.7. The Labute approximate surface area is 196 Å². The Balaban J connectivity index is 1.64. The monoisotopic (exact) mass is 488 g/mol. The SMILES string of the molecule is COc1ccc(-c2nc(C)c(C(=O)Nc3ccc(-n4cccn4)cc3C(F)(F)F)s2)cc1OC. The number of methoxy groups -OCH3 is 2. The molecule has 0 aliphatic heterocycles. The summed E-state index contributed by atoms with van der Waals surface area (Å²) in [5.41, 5.74) is -0.0246. The van der Waals surface area contributed by atoms with Crippen LogP contribution in [0, 0.1) is 6.92 Å². The normalized spacial score (nSPS) is 11.4. The summed E-state index contributed by atoms with van der Waals surface area (Å²) >= 11 is 1.07. The molecule has 0 aliphatic carbocycles. The highest BCUT2D eigenvalue weighted by Crippen LogP contribution is 2.38. The highest BCUT2D eigenvalue weighted by atomic mass is 32.1. The van der Waals surface area contributed by atoms with Gasteiger partial charge in [0.25, 0.3) is 5.91 Å². The average Bonchev–Trinajstić information content (AvgIpc) is 3.48. The number of carbonyl (C=O) groups excluding carboxylic acids is 1. The van der Waals surface area contributed by atoms with Crippen molar-refractivity contribution in [2.24, 2.45) is 0 Å². The van der Waals surface area contributed by atoms with Crippen LogP contribution < -0.4 is 14.8 Å². The predicted molar refractivity (Wildman–Crippen MR) is 122 cm³/mol. The van der Waals surface area contributed by atoms with Crippen molar-refractivity contribution in [3.63, 3.8) is 0 Å². The standard InChI is InChI=1S/C23H19F3N4O3S/c1-13-20(34-22(28-13)14-5-8-18(32-2)19(11-14)33-3)21(31)29-17-7-6-15(30-10-4-9-27-30)12-16(17)23(24,25)26/h4-12H,1-3H3,(H,29,31). The summed E-state index contributed by atoms with van der Waals surface area (Å²) in [6.45, 7) is 1.63. The van der Waals surface area contributed by atoms with Crippen LogP contribution in [0.2, 0.25) is 0 Å². The Morgan fingerprint density at radius 3 is 2.50 bits per heavy atom. The summed E-state index contributed by atoms with van der Waals surface area (Å²) in [7, 11) is 3.02. The fourth-order valence-corrected chi connectivity index (χ4v) is 4.28. The smallest absolute Gasteiger partial charge is 0.418 e. The van der Waals surface area contributed by atoms with Crippen LogP contribution in [0.25, 0.3) is 16.3 Å². The van der Waals surface area contributed by atoms with E-state index in [4.69, 9.17) is 9.47 Å². The average molecular weight is 488 g/mol. The number of hydrogen-bond acceptors (Lipinski definition) is 6. The second kappa shape index (κ2) is 9.18. The lowest BCUT2D eigenvalue weighted by molar-refractivity contribution is -0.136. The summed E-state index contributed by atoms with van der Waals surface area (Å²) < 4.78 is 53.1. The number of amides is 1. The second-order valence-electron chi connectivity index (χ2n) is 7.14. The summed E-state index contributed by atoms with van der Waals surface area (Å²) in [6, 6.07) is 10.4. The van der Waals surface area contributed by atoms with Crippen LogP contribution in [0.5, 0.6) is 11.5 Å². The molecule has 1 N–H and O–H groups in total. The molecule has 2 aromatic carbocycles. The van der Waals surface area contributed by atoms with Gasteiger partial charge in [0, 0.05) is 18.0 Å². The van der Waals surface area contributed by atoms with Gasteiger partial charge in [0.05, 0.1) is 36.9 Å². The van der Waals surface area contributed by atoms with Crippen LogP contribution in [0.1, 0.15) is 20.9 Å². The van der Waals surface area contributed by atoms with Crippen molar-refractivity contribution in [2.45, 2.75) is 13.1 Å². The van der Waals surface area contributed by atoms with Crippen LogP contribution in [0.15, 0.2) is 54.9 Å². The van der Waals surface area contributed by atoms with Gasteiger partial charge in [0.1, 0.15) is 9.88 Å². The van der Waals surface area contributed by atoms with Crippen molar-refractivity contribution in [1.82, 2.24) is 14.8 Å². The minimum Gasteiger partial charge on any atom is -0.493 e. The van der Waals surface area contributed by atoms with Crippen LogP contribution in [-0.4, -0.2) is 34.9 Å². The molecule has 2 aromatic heterocycles. The lowest BCUT2D eigenvalue weighted by atomic mass is 10.1. The number of anilines is 1. The number of thiazole rings is 1. The third kappa shape index (κ3) is 4.60. The molecular weight excluding hydrogens is 469 g/mol. The fourth-order valence-electron chi connectivity index (χ4n) is 3.32. The lowest BCUT2D eigenvalue weighted by Crippen LogP contribution is -2.17. The number of ether oxygens (including phenoxy) is 2. The van der Waals surface area contributed by atoms with Gasteiger partial charge < -0.3 is 14.8 Å². The number of hydrogen-bond donors (Lipinski definition) is 1. The summed E-state index contributed by atoms with van der Waals surface area (Å²) in [5, 5.41) is 6.86. The molecule has 0 saturated heterocycles. The molecule has 0 saturated carbocycles. The number of carbonyl (C=O) groups is 1. The Bertz CT molecular complexity index is 1330. The third-order valence-corrected chi connectivity index (χ3v) is 6.16. The highest BCUT2D eigenvalue weighted by Gasteiger charge is 2.35. The van der Waals surface area contributed by atoms with E-state index in [1.54, 1.807) is 31.2 Å². The summed E-state index contributed by atoms with van der Waals surface area (Å²) in [5.74, 6) is 0.348. The first-order chi connectivity index (χ1) is 16.2. The molecule has 1 amide bonds. The Morgan fingerprint density at radius 2 is 1.85 bits per heavy atom. The number of rotatable bonds is 6. The third-order valence-electron chi connectivity index (χ3n) is 4.96. The molecular formula is C23H19F3N4O3S.